The molecule has 1 atom stereocenters. The lowest BCUT2D eigenvalue weighted by atomic mass is 9.85. The summed E-state index contributed by atoms with van der Waals surface area (Å²) in [7, 11) is 3.31. The van der Waals surface area contributed by atoms with Crippen molar-refractivity contribution in [3.8, 4) is 23.0 Å². The standard InChI is InChI=1S/C37H42N2O5/c1-6-38-37(40)39-18-16-29-22-33(42-5)35(23-31(29)36(39)30-14-12-25(2)20-26(30)3)43-19-17-27-13-15-32(41-4)34(21-27)44-24-28-10-8-7-9-11-28/h7-15,20-23,36H,6,16-19,24H2,1-5H3,(H,38,40). The molecular formula is C37H42N2O5. The zero-order valence-electron chi connectivity index (χ0n) is 26.3. The number of nitrogens with one attached hydrogen (secondary N) is 1. The second-order valence-electron chi connectivity index (χ2n) is 11.1. The van der Waals surface area contributed by atoms with Gasteiger partial charge in [0, 0.05) is 19.5 Å². The Bertz CT molecular complexity index is 1590. The largest absolute Gasteiger partial charge is 0.493 e. The van der Waals surface area contributed by atoms with Crippen molar-refractivity contribution in [1.29, 1.82) is 0 Å². The Kier molecular flexibility index (Phi) is 9.95. The van der Waals surface area contributed by atoms with E-state index in [1.54, 1.807) is 14.2 Å². The van der Waals surface area contributed by atoms with Crippen LogP contribution in [0, 0.1) is 13.8 Å². The highest BCUT2D eigenvalue weighted by atomic mass is 16.5. The molecule has 0 aromatic heterocycles. The normalized spacial score (nSPS) is 14.0. The van der Waals surface area contributed by atoms with Crippen molar-refractivity contribution < 1.29 is 23.7 Å². The number of carbonyl (C=O) groups excluding carboxylic acids is 1. The number of carbonyl (C=O) groups is 1. The first kappa shape index (κ1) is 30.8. The van der Waals surface area contributed by atoms with Gasteiger partial charge in [0.25, 0.3) is 0 Å². The topological polar surface area (TPSA) is 69.3 Å². The van der Waals surface area contributed by atoms with Gasteiger partial charge in [0.15, 0.2) is 23.0 Å². The van der Waals surface area contributed by atoms with Crippen LogP contribution in [0.1, 0.15) is 51.9 Å². The lowest BCUT2D eigenvalue weighted by Crippen LogP contribution is -2.46. The van der Waals surface area contributed by atoms with Crippen LogP contribution in [0.5, 0.6) is 23.0 Å². The predicted octanol–water partition coefficient (Wildman–Crippen LogP) is 7.20. The first-order valence-corrected chi connectivity index (χ1v) is 15.2. The van der Waals surface area contributed by atoms with Crippen molar-refractivity contribution in [3.63, 3.8) is 0 Å². The van der Waals surface area contributed by atoms with E-state index in [9.17, 15) is 4.79 Å². The number of fused-ring (bicyclic) bond motifs is 1. The fourth-order valence-electron chi connectivity index (χ4n) is 5.84. The SMILES string of the molecule is CCNC(=O)N1CCc2cc(OC)c(OCCc3ccc(OC)c(OCc4ccccc4)c3)cc2C1c1ccc(C)cc1C. The van der Waals surface area contributed by atoms with Crippen LogP contribution in [0.4, 0.5) is 4.79 Å². The summed E-state index contributed by atoms with van der Waals surface area (Å²) >= 11 is 0. The number of hydrogen-bond acceptors (Lipinski definition) is 5. The molecule has 7 nitrogen and oxygen atoms in total. The highest BCUT2D eigenvalue weighted by Crippen LogP contribution is 2.42. The van der Waals surface area contributed by atoms with E-state index in [0.717, 1.165) is 39.8 Å². The number of benzene rings is 4. The fourth-order valence-corrected chi connectivity index (χ4v) is 5.84. The highest BCUT2D eigenvalue weighted by Gasteiger charge is 2.34. The molecule has 0 radical (unpaired) electrons. The molecule has 4 aromatic rings. The number of nitrogens with zero attached hydrogens (tertiary/aromatic N) is 1. The first-order chi connectivity index (χ1) is 21.4. The lowest BCUT2D eigenvalue weighted by molar-refractivity contribution is 0.180. The summed E-state index contributed by atoms with van der Waals surface area (Å²) < 4.78 is 23.8. The minimum Gasteiger partial charge on any atom is -0.493 e. The van der Waals surface area contributed by atoms with E-state index in [1.807, 2.05) is 60.4 Å². The van der Waals surface area contributed by atoms with E-state index in [-0.39, 0.29) is 12.1 Å². The summed E-state index contributed by atoms with van der Waals surface area (Å²) in [6, 6.07) is 26.3. The average molecular weight is 595 g/mol. The molecule has 230 valence electrons. The van der Waals surface area contributed by atoms with E-state index >= 15 is 0 Å². The maximum absolute atomic E-state index is 13.2. The molecule has 1 unspecified atom stereocenters. The molecule has 1 heterocycles. The Morgan fingerprint density at radius 1 is 0.818 bits per heavy atom. The minimum absolute atomic E-state index is 0.0637. The van der Waals surface area contributed by atoms with Crippen LogP contribution in [0.3, 0.4) is 0 Å². The molecule has 0 spiro atoms. The number of methoxy groups -OCH3 is 2. The maximum atomic E-state index is 13.2. The molecule has 1 aliphatic rings. The highest BCUT2D eigenvalue weighted by molar-refractivity contribution is 5.76. The fraction of sp³-hybridized carbons (Fsp3) is 0.324. The lowest BCUT2D eigenvalue weighted by Gasteiger charge is -2.38. The Hall–Kier alpha value is -4.65. The van der Waals surface area contributed by atoms with Gasteiger partial charge in [-0.05, 0) is 84.8 Å². The van der Waals surface area contributed by atoms with Crippen LogP contribution >= 0.6 is 0 Å². The number of rotatable bonds is 11. The summed E-state index contributed by atoms with van der Waals surface area (Å²) in [4.78, 5) is 15.2. The molecule has 7 heteroatoms. The van der Waals surface area contributed by atoms with Crippen molar-refractivity contribution in [1.82, 2.24) is 10.2 Å². The Morgan fingerprint density at radius 3 is 2.32 bits per heavy atom. The van der Waals surface area contributed by atoms with Crippen molar-refractivity contribution in [2.75, 3.05) is 33.9 Å². The maximum Gasteiger partial charge on any atom is 0.318 e. The zero-order valence-corrected chi connectivity index (χ0v) is 26.3. The van der Waals surface area contributed by atoms with Gasteiger partial charge in [-0.15, -0.1) is 0 Å². The van der Waals surface area contributed by atoms with Gasteiger partial charge in [-0.2, -0.15) is 0 Å². The minimum atomic E-state index is -0.231. The van der Waals surface area contributed by atoms with Crippen LogP contribution in [-0.4, -0.2) is 44.8 Å². The van der Waals surface area contributed by atoms with Gasteiger partial charge in [-0.1, -0.05) is 60.2 Å². The van der Waals surface area contributed by atoms with E-state index in [0.29, 0.717) is 55.7 Å². The van der Waals surface area contributed by atoms with E-state index in [4.69, 9.17) is 18.9 Å². The molecule has 4 aromatic carbocycles. The third-order valence-corrected chi connectivity index (χ3v) is 8.08. The Balaban J connectivity index is 1.38. The molecular weight excluding hydrogens is 552 g/mol. The van der Waals surface area contributed by atoms with Crippen LogP contribution < -0.4 is 24.3 Å². The van der Waals surface area contributed by atoms with E-state index in [2.05, 4.69) is 49.5 Å². The van der Waals surface area contributed by atoms with E-state index < -0.39 is 0 Å². The first-order valence-electron chi connectivity index (χ1n) is 15.2. The molecule has 0 saturated carbocycles. The molecule has 1 N–H and O–H groups in total. The quantitative estimate of drug-likeness (QED) is 0.199. The number of ether oxygens (including phenoxy) is 4. The molecule has 5 rings (SSSR count). The van der Waals surface area contributed by atoms with Gasteiger partial charge in [-0.3, -0.25) is 0 Å². The third kappa shape index (κ3) is 6.94. The third-order valence-electron chi connectivity index (χ3n) is 8.08. The van der Waals surface area contributed by atoms with Crippen LogP contribution in [-0.2, 0) is 19.4 Å². The molecule has 0 fully saturated rings. The summed E-state index contributed by atoms with van der Waals surface area (Å²) in [6.45, 7) is 8.23. The molecule has 44 heavy (non-hydrogen) atoms. The molecule has 0 bridgehead atoms. The van der Waals surface area contributed by atoms with Crippen molar-refractivity contribution in [2.24, 2.45) is 0 Å². The number of urea groups is 1. The Labute approximate surface area is 260 Å². The number of hydrogen-bond donors (Lipinski definition) is 1. The molecule has 0 aliphatic carbocycles. The van der Waals surface area contributed by atoms with Gasteiger partial charge >= 0.3 is 6.03 Å². The van der Waals surface area contributed by atoms with Gasteiger partial charge in [0.2, 0.25) is 0 Å². The molecule has 0 saturated heterocycles. The van der Waals surface area contributed by atoms with Gasteiger partial charge < -0.3 is 29.2 Å². The van der Waals surface area contributed by atoms with Gasteiger partial charge in [0.1, 0.15) is 6.61 Å². The summed E-state index contributed by atoms with van der Waals surface area (Å²) in [5.41, 5.74) is 7.84. The molecule has 2 amide bonds. The molecule has 1 aliphatic heterocycles. The summed E-state index contributed by atoms with van der Waals surface area (Å²) in [5, 5.41) is 3.01. The van der Waals surface area contributed by atoms with Crippen LogP contribution in [0.15, 0.2) is 78.9 Å². The van der Waals surface area contributed by atoms with Crippen LogP contribution in [0.25, 0.3) is 0 Å². The van der Waals surface area contributed by atoms with Crippen LogP contribution in [0.2, 0.25) is 0 Å². The predicted molar refractivity (Wildman–Crippen MR) is 173 cm³/mol. The van der Waals surface area contributed by atoms with Gasteiger partial charge in [-0.25, -0.2) is 4.79 Å². The number of aryl methyl sites for hydroxylation is 2. The summed E-state index contributed by atoms with van der Waals surface area (Å²) in [5.74, 6) is 2.74. The Morgan fingerprint density at radius 2 is 1.59 bits per heavy atom. The average Bonchev–Trinajstić information content (AvgIpc) is 3.04. The number of amides is 2. The second kappa shape index (κ2) is 14.2. The van der Waals surface area contributed by atoms with Crippen molar-refractivity contribution in [2.45, 2.75) is 46.3 Å². The van der Waals surface area contributed by atoms with E-state index in [1.165, 1.54) is 5.56 Å². The van der Waals surface area contributed by atoms with Gasteiger partial charge in [0.05, 0.1) is 26.9 Å². The van der Waals surface area contributed by atoms with Crippen molar-refractivity contribution >= 4 is 6.03 Å². The zero-order chi connectivity index (χ0) is 31.1. The smallest absolute Gasteiger partial charge is 0.318 e. The summed E-state index contributed by atoms with van der Waals surface area (Å²) in [6.07, 6.45) is 1.40. The monoisotopic (exact) mass is 594 g/mol. The van der Waals surface area contributed by atoms with Crippen molar-refractivity contribution in [3.05, 3.63) is 118 Å². The second-order valence-corrected chi connectivity index (χ2v) is 11.1.